The maximum Gasteiger partial charge on any atom is 0.0936 e. The van der Waals surface area contributed by atoms with Crippen LogP contribution in [0.1, 0.15) is 12.8 Å². The van der Waals surface area contributed by atoms with Gasteiger partial charge in [-0.25, -0.2) is 18.6 Å². The average Bonchev–Trinajstić information content (AvgIpc) is 2.66. The minimum atomic E-state index is -4.94. The minimum Gasteiger partial charge on any atom is -0.222 e. The summed E-state index contributed by atoms with van der Waals surface area (Å²) in [6.07, 6.45) is 5.88. The van der Waals surface area contributed by atoms with Gasteiger partial charge in [0.05, 0.1) is 24.3 Å². The van der Waals surface area contributed by atoms with Crippen LogP contribution >= 0.6 is 7.26 Å². The van der Waals surface area contributed by atoms with E-state index in [9.17, 15) is 0 Å². The van der Waals surface area contributed by atoms with E-state index < -0.39 is 17.5 Å². The van der Waals surface area contributed by atoms with Crippen molar-refractivity contribution in [1.29, 1.82) is 0 Å². The van der Waals surface area contributed by atoms with Gasteiger partial charge in [-0.1, -0.05) is 18.2 Å². The fourth-order valence-electron chi connectivity index (χ4n) is 2.08. The number of rotatable bonds is 1. The van der Waals surface area contributed by atoms with Crippen LogP contribution in [0.3, 0.4) is 0 Å². The molecule has 0 atom stereocenters. The lowest BCUT2D eigenvalue weighted by atomic mass is 10.4. The molecule has 17 heavy (non-hydrogen) atoms. The Balaban J connectivity index is 0.000000249. The van der Waals surface area contributed by atoms with E-state index in [1.807, 2.05) is 0 Å². The zero-order chi connectivity index (χ0) is 12.9. The zero-order valence-corrected chi connectivity index (χ0v) is 11.3. The summed E-state index contributed by atoms with van der Waals surface area (Å²) in [7, 11) is -5.62. The molecule has 2 rings (SSSR count). The molecule has 0 aliphatic carbocycles. The summed E-state index contributed by atoms with van der Waals surface area (Å²) in [5.74, 6) is 0. The van der Waals surface area contributed by atoms with E-state index in [1.54, 1.807) is 5.30 Å². The Morgan fingerprint density at radius 1 is 0.941 bits per heavy atom. The molecule has 0 amide bonds. The highest BCUT2D eigenvalue weighted by Crippen LogP contribution is 2.59. The molecule has 0 bridgehead atoms. The molecule has 0 N–H and O–H groups in total. The van der Waals surface area contributed by atoms with E-state index in [0.29, 0.717) is 0 Å². The van der Waals surface area contributed by atoms with Crippen molar-refractivity contribution in [3.05, 3.63) is 30.3 Å². The Bertz CT molecular complexity index is 327. The van der Waals surface area contributed by atoms with Gasteiger partial charge in [0.15, 0.2) is 0 Å². The third-order valence-electron chi connectivity index (χ3n) is 2.93. The summed E-state index contributed by atoms with van der Waals surface area (Å²) < 4.78 is 34.0. The van der Waals surface area contributed by atoms with Crippen LogP contribution in [0.4, 0.5) is 0 Å². The molecule has 1 aromatic carbocycles. The maximum absolute atomic E-state index is 8.49. The standard InChI is InChI=1S/C11H16P.ClHO4/c1-12(9-5-6-10-12)11-7-3-2-4-8-11;2-1(3,4)5/h2-4,7-8H,5-6,9-10H2,1H3;(H,2,3,4,5)/q+1;/p-1. The Morgan fingerprint density at radius 3 is 1.76 bits per heavy atom. The van der Waals surface area contributed by atoms with Crippen molar-refractivity contribution in [2.45, 2.75) is 12.8 Å². The molecule has 1 heterocycles. The van der Waals surface area contributed by atoms with Crippen LogP contribution in [-0.2, 0) is 0 Å². The molecule has 4 nitrogen and oxygen atoms in total. The van der Waals surface area contributed by atoms with Crippen LogP contribution < -0.4 is 23.9 Å². The number of halogens is 1. The van der Waals surface area contributed by atoms with Gasteiger partial charge in [-0.15, -0.1) is 10.2 Å². The summed E-state index contributed by atoms with van der Waals surface area (Å²) in [5.41, 5.74) is 0. The van der Waals surface area contributed by atoms with Gasteiger partial charge in [0.25, 0.3) is 0 Å². The average molecular weight is 279 g/mol. The summed E-state index contributed by atoms with van der Waals surface area (Å²) >= 11 is 0. The summed E-state index contributed by atoms with van der Waals surface area (Å²) in [6, 6.07) is 11.1. The Morgan fingerprint density at radius 2 is 1.35 bits per heavy atom. The lowest BCUT2D eigenvalue weighted by Crippen LogP contribution is -2.68. The highest BCUT2D eigenvalue weighted by molar-refractivity contribution is 7.82. The second-order valence-corrected chi connectivity index (χ2v) is 9.22. The van der Waals surface area contributed by atoms with Gasteiger partial charge in [0, 0.05) is 7.26 Å². The van der Waals surface area contributed by atoms with Crippen molar-refractivity contribution >= 4 is 12.6 Å². The molecule has 0 spiro atoms. The van der Waals surface area contributed by atoms with Crippen LogP contribution in [0.5, 0.6) is 0 Å². The molecule has 6 heteroatoms. The molecule has 96 valence electrons. The third kappa shape index (κ3) is 5.77. The normalized spacial score (nSPS) is 18.4. The molecular weight excluding hydrogens is 263 g/mol. The topological polar surface area (TPSA) is 92.2 Å². The largest absolute Gasteiger partial charge is 0.222 e. The van der Waals surface area contributed by atoms with Gasteiger partial charge >= 0.3 is 0 Å². The monoisotopic (exact) mass is 278 g/mol. The molecular formula is C11H16ClO4P. The van der Waals surface area contributed by atoms with E-state index in [0.717, 1.165) is 0 Å². The molecule has 0 unspecified atom stereocenters. The first-order valence-corrected chi connectivity index (χ1v) is 9.17. The van der Waals surface area contributed by atoms with Crippen molar-refractivity contribution in [2.24, 2.45) is 0 Å². The first-order chi connectivity index (χ1) is 7.81. The molecule has 0 saturated carbocycles. The van der Waals surface area contributed by atoms with Crippen LogP contribution in [-0.4, -0.2) is 19.0 Å². The van der Waals surface area contributed by atoms with E-state index in [2.05, 4.69) is 37.0 Å². The quantitative estimate of drug-likeness (QED) is 0.555. The molecule has 0 aromatic heterocycles. The lowest BCUT2D eigenvalue weighted by Gasteiger charge is -2.17. The summed E-state index contributed by atoms with van der Waals surface area (Å²) in [4.78, 5) is 0. The predicted molar refractivity (Wildman–Crippen MR) is 57.9 cm³/mol. The number of hydrogen-bond acceptors (Lipinski definition) is 4. The van der Waals surface area contributed by atoms with Crippen LogP contribution in [0.15, 0.2) is 30.3 Å². The highest BCUT2D eigenvalue weighted by Gasteiger charge is 2.37. The van der Waals surface area contributed by atoms with Crippen molar-refractivity contribution in [1.82, 2.24) is 0 Å². The predicted octanol–water partition coefficient (Wildman–Crippen LogP) is -2.00. The summed E-state index contributed by atoms with van der Waals surface area (Å²) in [6.45, 7) is 2.51. The minimum absolute atomic E-state index is 0.672. The number of hydrogen-bond donors (Lipinski definition) is 0. The molecule has 1 aromatic rings. The van der Waals surface area contributed by atoms with Crippen molar-refractivity contribution in [2.75, 3.05) is 19.0 Å². The van der Waals surface area contributed by atoms with E-state index in [1.165, 1.54) is 25.2 Å². The zero-order valence-electron chi connectivity index (χ0n) is 9.67. The van der Waals surface area contributed by atoms with Gasteiger partial charge in [-0.3, -0.25) is 0 Å². The molecule has 0 radical (unpaired) electrons. The van der Waals surface area contributed by atoms with Crippen molar-refractivity contribution in [3.8, 4) is 0 Å². The van der Waals surface area contributed by atoms with E-state index in [-0.39, 0.29) is 0 Å². The fourth-order valence-corrected chi connectivity index (χ4v) is 5.55. The maximum atomic E-state index is 8.49. The second-order valence-electron chi connectivity index (χ2n) is 4.26. The van der Waals surface area contributed by atoms with Gasteiger partial charge < -0.3 is 0 Å². The van der Waals surface area contributed by atoms with E-state index >= 15 is 0 Å². The second kappa shape index (κ2) is 6.10. The van der Waals surface area contributed by atoms with Gasteiger partial charge in [0.1, 0.15) is 0 Å². The summed E-state index contributed by atoms with van der Waals surface area (Å²) in [5, 5.41) is 1.64. The molecule has 1 fully saturated rings. The van der Waals surface area contributed by atoms with Gasteiger partial charge in [-0.05, 0) is 25.0 Å². The molecule has 1 saturated heterocycles. The molecule has 1 aliphatic heterocycles. The lowest BCUT2D eigenvalue weighted by molar-refractivity contribution is -2.00. The Hall–Kier alpha value is -0.220. The third-order valence-corrected chi connectivity index (χ3v) is 7.08. The Labute approximate surface area is 104 Å². The van der Waals surface area contributed by atoms with Crippen molar-refractivity contribution < 1.29 is 28.9 Å². The van der Waals surface area contributed by atoms with Gasteiger partial charge in [-0.2, -0.15) is 0 Å². The fraction of sp³-hybridized carbons (Fsp3) is 0.455. The van der Waals surface area contributed by atoms with E-state index in [4.69, 9.17) is 18.6 Å². The first kappa shape index (κ1) is 14.8. The van der Waals surface area contributed by atoms with Gasteiger partial charge in [0.2, 0.25) is 0 Å². The number of benzene rings is 1. The Kier molecular flexibility index (Phi) is 5.32. The smallest absolute Gasteiger partial charge is 0.0936 e. The van der Waals surface area contributed by atoms with Crippen molar-refractivity contribution in [3.63, 3.8) is 0 Å². The molecule has 1 aliphatic rings. The SMILES string of the molecule is C[P+]1(c2ccccc2)CCCC1.[O-][Cl+3]([O-])([O-])[O-]. The van der Waals surface area contributed by atoms with Crippen LogP contribution in [0, 0.1) is 10.2 Å². The first-order valence-electron chi connectivity index (χ1n) is 5.33. The van der Waals surface area contributed by atoms with Crippen LogP contribution in [0.2, 0.25) is 0 Å². The van der Waals surface area contributed by atoms with Crippen LogP contribution in [0.25, 0.3) is 0 Å². The highest BCUT2D eigenvalue weighted by atomic mass is 35.7.